The lowest BCUT2D eigenvalue weighted by Gasteiger charge is -2.34. The third-order valence-corrected chi connectivity index (χ3v) is 3.57. The molecule has 1 saturated heterocycles. The molecule has 19 heavy (non-hydrogen) atoms. The van der Waals surface area contributed by atoms with Gasteiger partial charge >= 0.3 is 6.18 Å². The van der Waals surface area contributed by atoms with Crippen LogP contribution >= 0.6 is 0 Å². The van der Waals surface area contributed by atoms with Crippen molar-refractivity contribution >= 4 is 0 Å². The van der Waals surface area contributed by atoms with Gasteiger partial charge in [-0.05, 0) is 32.4 Å². The average Bonchev–Trinajstić information content (AvgIpc) is 2.77. The van der Waals surface area contributed by atoms with Crippen molar-refractivity contribution in [3.05, 3.63) is 11.7 Å². The molecular formula is C12H18F3N3O. The number of halogens is 3. The highest BCUT2D eigenvalue weighted by Crippen LogP contribution is 2.37. The summed E-state index contributed by atoms with van der Waals surface area (Å²) in [6.45, 7) is 3.71. The van der Waals surface area contributed by atoms with Gasteiger partial charge in [0, 0.05) is 0 Å². The van der Waals surface area contributed by atoms with Gasteiger partial charge in [-0.3, -0.25) is 0 Å². The largest absolute Gasteiger partial charge is 0.396 e. The van der Waals surface area contributed by atoms with Crippen LogP contribution in [0.15, 0.2) is 4.52 Å². The zero-order chi connectivity index (χ0) is 13.9. The van der Waals surface area contributed by atoms with Crippen LogP contribution in [0.1, 0.15) is 44.3 Å². The first-order valence-electron chi connectivity index (χ1n) is 6.56. The lowest BCUT2D eigenvalue weighted by molar-refractivity contribution is -0.128. The van der Waals surface area contributed by atoms with Crippen molar-refractivity contribution < 1.29 is 17.7 Å². The van der Waals surface area contributed by atoms with E-state index in [9.17, 15) is 13.2 Å². The number of nitrogens with one attached hydrogen (secondary N) is 1. The van der Waals surface area contributed by atoms with E-state index in [4.69, 9.17) is 4.52 Å². The molecule has 0 atom stereocenters. The molecule has 0 amide bonds. The molecule has 0 radical (unpaired) electrons. The zero-order valence-corrected chi connectivity index (χ0v) is 10.9. The number of nitrogens with zero attached hydrogens (tertiary/aromatic N) is 2. The van der Waals surface area contributed by atoms with Crippen molar-refractivity contribution in [1.82, 2.24) is 15.5 Å². The third kappa shape index (κ3) is 3.46. The Balaban J connectivity index is 2.18. The predicted octanol–water partition coefficient (Wildman–Crippen LogP) is 2.60. The van der Waals surface area contributed by atoms with Gasteiger partial charge in [-0.15, -0.1) is 0 Å². The van der Waals surface area contributed by atoms with Crippen molar-refractivity contribution in [3.63, 3.8) is 0 Å². The molecule has 1 aliphatic rings. The summed E-state index contributed by atoms with van der Waals surface area (Å²) in [4.78, 5) is 3.98. The van der Waals surface area contributed by atoms with E-state index < -0.39 is 12.6 Å². The summed E-state index contributed by atoms with van der Waals surface area (Å²) in [7, 11) is 0. The first-order chi connectivity index (χ1) is 8.95. The molecule has 1 aromatic rings. The van der Waals surface area contributed by atoms with E-state index in [0.29, 0.717) is 5.89 Å². The highest BCUT2D eigenvalue weighted by atomic mass is 19.4. The fourth-order valence-corrected chi connectivity index (χ4v) is 2.68. The van der Waals surface area contributed by atoms with Crippen LogP contribution in [0.25, 0.3) is 0 Å². The number of piperidine rings is 1. The van der Waals surface area contributed by atoms with Gasteiger partial charge in [0.05, 0.1) is 5.41 Å². The molecule has 2 rings (SSSR count). The molecule has 108 valence electrons. The Kier molecular flexibility index (Phi) is 4.13. The monoisotopic (exact) mass is 277 g/mol. The summed E-state index contributed by atoms with van der Waals surface area (Å²) in [5.74, 6) is 0.103. The summed E-state index contributed by atoms with van der Waals surface area (Å²) in [6, 6.07) is 0. The van der Waals surface area contributed by atoms with Crippen LogP contribution in [-0.4, -0.2) is 29.4 Å². The van der Waals surface area contributed by atoms with Gasteiger partial charge in [-0.2, -0.15) is 18.2 Å². The van der Waals surface area contributed by atoms with Crippen LogP contribution < -0.4 is 5.32 Å². The van der Waals surface area contributed by atoms with Crippen molar-refractivity contribution in [1.29, 1.82) is 0 Å². The molecule has 1 N–H and O–H groups in total. The topological polar surface area (TPSA) is 51.0 Å². The molecule has 1 aliphatic heterocycles. The SMILES string of the molecule is CCCC1(c2nc(CC(F)(F)F)no2)CCNCC1. The summed E-state index contributed by atoms with van der Waals surface area (Å²) < 4.78 is 42.0. The minimum Gasteiger partial charge on any atom is -0.339 e. The molecule has 0 aliphatic carbocycles. The molecule has 0 aromatic carbocycles. The zero-order valence-electron chi connectivity index (χ0n) is 10.9. The van der Waals surface area contributed by atoms with Crippen LogP contribution in [0.4, 0.5) is 13.2 Å². The second-order valence-electron chi connectivity index (χ2n) is 5.09. The Morgan fingerprint density at radius 1 is 1.32 bits per heavy atom. The standard InChI is InChI=1S/C12H18F3N3O/c1-2-3-11(4-6-16-7-5-11)10-17-9(18-19-10)8-12(13,14)15/h16H,2-8H2,1H3. The molecule has 1 fully saturated rings. The third-order valence-electron chi connectivity index (χ3n) is 3.57. The van der Waals surface area contributed by atoms with E-state index in [2.05, 4.69) is 22.4 Å². The quantitative estimate of drug-likeness (QED) is 0.919. The van der Waals surface area contributed by atoms with Crippen LogP contribution in [-0.2, 0) is 11.8 Å². The highest BCUT2D eigenvalue weighted by Gasteiger charge is 2.39. The second kappa shape index (κ2) is 5.48. The summed E-state index contributed by atoms with van der Waals surface area (Å²) in [5.41, 5.74) is -0.253. The Labute approximate surface area is 109 Å². The van der Waals surface area contributed by atoms with Gasteiger partial charge < -0.3 is 9.84 Å². The molecule has 7 heteroatoms. The number of alkyl halides is 3. The predicted molar refractivity (Wildman–Crippen MR) is 62.7 cm³/mol. The Hall–Kier alpha value is -1.11. The second-order valence-corrected chi connectivity index (χ2v) is 5.09. The van der Waals surface area contributed by atoms with E-state index in [-0.39, 0.29) is 11.2 Å². The summed E-state index contributed by atoms with van der Waals surface area (Å²) in [5, 5.41) is 6.72. The maximum Gasteiger partial charge on any atom is 0.396 e. The van der Waals surface area contributed by atoms with Crippen LogP contribution in [0.5, 0.6) is 0 Å². The van der Waals surface area contributed by atoms with Gasteiger partial charge in [0.1, 0.15) is 6.42 Å². The molecule has 4 nitrogen and oxygen atoms in total. The molecule has 0 spiro atoms. The number of aromatic nitrogens is 2. The molecule has 1 aromatic heterocycles. The van der Waals surface area contributed by atoms with Crippen molar-refractivity contribution in [2.45, 2.75) is 50.6 Å². The van der Waals surface area contributed by atoms with E-state index in [1.807, 2.05) is 0 Å². The van der Waals surface area contributed by atoms with Gasteiger partial charge in [-0.1, -0.05) is 18.5 Å². The first kappa shape index (κ1) is 14.3. The summed E-state index contributed by atoms with van der Waals surface area (Å²) in [6.07, 6.45) is -1.97. The van der Waals surface area contributed by atoms with Gasteiger partial charge in [0.2, 0.25) is 5.89 Å². The number of hydrogen-bond donors (Lipinski definition) is 1. The fourth-order valence-electron chi connectivity index (χ4n) is 2.68. The fraction of sp³-hybridized carbons (Fsp3) is 0.833. The Morgan fingerprint density at radius 2 is 2.00 bits per heavy atom. The lowest BCUT2D eigenvalue weighted by Crippen LogP contribution is -2.40. The lowest BCUT2D eigenvalue weighted by atomic mass is 9.75. The maximum absolute atomic E-state index is 12.3. The Bertz CT molecular complexity index is 405. The highest BCUT2D eigenvalue weighted by molar-refractivity contribution is 5.08. The van der Waals surface area contributed by atoms with E-state index >= 15 is 0 Å². The minimum atomic E-state index is -4.30. The average molecular weight is 277 g/mol. The van der Waals surface area contributed by atoms with Crippen molar-refractivity contribution in [2.24, 2.45) is 0 Å². The minimum absolute atomic E-state index is 0.253. The summed E-state index contributed by atoms with van der Waals surface area (Å²) >= 11 is 0. The first-order valence-corrected chi connectivity index (χ1v) is 6.56. The molecular weight excluding hydrogens is 259 g/mol. The van der Waals surface area contributed by atoms with E-state index in [0.717, 1.165) is 38.8 Å². The van der Waals surface area contributed by atoms with E-state index in [1.165, 1.54) is 0 Å². The molecule has 2 heterocycles. The van der Waals surface area contributed by atoms with Crippen LogP contribution in [0.3, 0.4) is 0 Å². The van der Waals surface area contributed by atoms with Crippen LogP contribution in [0, 0.1) is 0 Å². The normalized spacial score (nSPS) is 19.6. The maximum atomic E-state index is 12.3. The molecule has 0 bridgehead atoms. The number of rotatable bonds is 4. The van der Waals surface area contributed by atoms with Gasteiger partial charge in [0.15, 0.2) is 5.82 Å². The van der Waals surface area contributed by atoms with Crippen LogP contribution in [0.2, 0.25) is 0 Å². The number of hydrogen-bond acceptors (Lipinski definition) is 4. The van der Waals surface area contributed by atoms with Gasteiger partial charge in [0.25, 0.3) is 0 Å². The van der Waals surface area contributed by atoms with E-state index in [1.54, 1.807) is 0 Å². The van der Waals surface area contributed by atoms with Crippen molar-refractivity contribution in [3.8, 4) is 0 Å². The van der Waals surface area contributed by atoms with Gasteiger partial charge in [-0.25, -0.2) is 0 Å². The van der Waals surface area contributed by atoms with Crippen molar-refractivity contribution in [2.75, 3.05) is 13.1 Å². The smallest absolute Gasteiger partial charge is 0.339 e. The molecule has 0 unspecified atom stereocenters. The Morgan fingerprint density at radius 3 is 2.58 bits per heavy atom. The molecule has 0 saturated carbocycles.